The van der Waals surface area contributed by atoms with E-state index in [0.29, 0.717) is 52.8 Å². The zero-order chi connectivity index (χ0) is 22.7. The maximum Gasteiger partial charge on any atom is 0.260 e. The summed E-state index contributed by atoms with van der Waals surface area (Å²) >= 11 is 0. The van der Waals surface area contributed by atoms with Crippen LogP contribution in [0.1, 0.15) is 5.69 Å². The molecule has 2 aromatic carbocycles. The van der Waals surface area contributed by atoms with Crippen LogP contribution in [0.4, 0.5) is 11.9 Å². The van der Waals surface area contributed by atoms with Gasteiger partial charge < -0.3 is 18.9 Å². The number of aryl methyl sites for hydroxylation is 1. The van der Waals surface area contributed by atoms with Gasteiger partial charge in [0.25, 0.3) is 5.56 Å². The number of aromatic nitrogens is 4. The largest absolute Gasteiger partial charge is 0.493 e. The monoisotopic (exact) mass is 437 g/mol. The van der Waals surface area contributed by atoms with Crippen LogP contribution in [-0.2, 0) is 4.74 Å². The van der Waals surface area contributed by atoms with E-state index in [0.717, 1.165) is 11.1 Å². The molecular formula is C22H23N5O5. The Hall–Kier alpha value is -3.92. The van der Waals surface area contributed by atoms with E-state index in [9.17, 15) is 4.79 Å². The predicted molar refractivity (Wildman–Crippen MR) is 120 cm³/mol. The summed E-state index contributed by atoms with van der Waals surface area (Å²) in [5, 5.41) is 4.23. The van der Waals surface area contributed by atoms with Crippen molar-refractivity contribution in [1.29, 1.82) is 0 Å². The highest BCUT2D eigenvalue weighted by Crippen LogP contribution is 2.33. The first-order chi connectivity index (χ1) is 15.5. The maximum atomic E-state index is 12.6. The van der Waals surface area contributed by atoms with Crippen molar-refractivity contribution in [1.82, 2.24) is 19.9 Å². The molecule has 2 aromatic heterocycles. The van der Waals surface area contributed by atoms with E-state index in [1.807, 2.05) is 13.0 Å². The number of fused-ring (bicyclic) bond motifs is 2. The smallest absolute Gasteiger partial charge is 0.260 e. The van der Waals surface area contributed by atoms with Crippen molar-refractivity contribution in [3.05, 3.63) is 46.4 Å². The number of H-pyrrole nitrogens is 1. The van der Waals surface area contributed by atoms with Gasteiger partial charge in [-0.05, 0) is 31.2 Å². The fraction of sp³-hybridized carbons (Fsp3) is 0.273. The first kappa shape index (κ1) is 21.3. The highest BCUT2D eigenvalue weighted by molar-refractivity contribution is 5.86. The lowest BCUT2D eigenvalue weighted by Gasteiger charge is -2.12. The lowest BCUT2D eigenvalue weighted by Crippen LogP contribution is -2.13. The fourth-order valence-corrected chi connectivity index (χ4v) is 3.28. The van der Waals surface area contributed by atoms with Crippen LogP contribution in [0, 0.1) is 6.92 Å². The second kappa shape index (κ2) is 9.06. The number of aromatic amines is 1. The standard InChI is InChI=1S/C22H23N5O5/c1-12-14-10-18(30-3)19(31-4)11-17(14)25-21(23-12)27-22-24-16-6-5-13(32-8-7-29-2)9-15(16)20(28)26-22/h5-6,9-11H,7-8H2,1-4H3,(H2,23,24,25,26,27,28). The Labute approximate surface area is 183 Å². The number of hydrogen-bond acceptors (Lipinski definition) is 9. The van der Waals surface area contributed by atoms with Crippen molar-refractivity contribution in [2.75, 3.05) is 39.9 Å². The summed E-state index contributed by atoms with van der Waals surface area (Å²) in [6.45, 7) is 2.71. The van der Waals surface area contributed by atoms with Crippen LogP contribution in [0.15, 0.2) is 35.1 Å². The molecule has 10 heteroatoms. The molecule has 0 aliphatic heterocycles. The SMILES string of the molecule is COCCOc1ccc2nc(Nc3nc(C)c4cc(OC)c(OC)cc4n3)[nH]c(=O)c2c1. The number of hydrogen-bond donors (Lipinski definition) is 2. The lowest BCUT2D eigenvalue weighted by molar-refractivity contribution is 0.146. The summed E-state index contributed by atoms with van der Waals surface area (Å²) < 4.78 is 21.3. The average Bonchev–Trinajstić information content (AvgIpc) is 2.79. The molecular weight excluding hydrogens is 414 g/mol. The summed E-state index contributed by atoms with van der Waals surface area (Å²) in [5.74, 6) is 2.25. The zero-order valence-electron chi connectivity index (χ0n) is 18.2. The summed E-state index contributed by atoms with van der Waals surface area (Å²) in [6, 6.07) is 8.73. The molecule has 4 aromatic rings. The molecule has 0 saturated heterocycles. The molecule has 10 nitrogen and oxygen atoms in total. The third-order valence-electron chi connectivity index (χ3n) is 4.85. The topological polar surface area (TPSA) is 120 Å². The number of anilines is 2. The Morgan fingerprint density at radius 1 is 0.906 bits per heavy atom. The van der Waals surface area contributed by atoms with E-state index >= 15 is 0 Å². The first-order valence-corrected chi connectivity index (χ1v) is 9.85. The van der Waals surface area contributed by atoms with Gasteiger partial charge in [0, 0.05) is 18.6 Å². The van der Waals surface area contributed by atoms with Gasteiger partial charge in [-0.25, -0.2) is 15.0 Å². The molecule has 0 amide bonds. The summed E-state index contributed by atoms with van der Waals surface area (Å²) in [7, 11) is 4.74. The Morgan fingerprint density at radius 3 is 2.44 bits per heavy atom. The van der Waals surface area contributed by atoms with Crippen LogP contribution in [0.5, 0.6) is 17.2 Å². The van der Waals surface area contributed by atoms with Gasteiger partial charge in [-0.15, -0.1) is 0 Å². The summed E-state index contributed by atoms with van der Waals surface area (Å²) in [4.78, 5) is 28.8. The van der Waals surface area contributed by atoms with Gasteiger partial charge in [0.1, 0.15) is 12.4 Å². The highest BCUT2D eigenvalue weighted by atomic mass is 16.5. The van der Waals surface area contributed by atoms with Gasteiger partial charge >= 0.3 is 0 Å². The third kappa shape index (κ3) is 4.26. The number of ether oxygens (including phenoxy) is 4. The Balaban J connectivity index is 1.66. The molecule has 4 rings (SSSR count). The quantitative estimate of drug-likeness (QED) is 0.401. The normalized spacial score (nSPS) is 11.0. The lowest BCUT2D eigenvalue weighted by atomic mass is 10.1. The minimum atomic E-state index is -0.307. The fourth-order valence-electron chi connectivity index (χ4n) is 3.28. The second-order valence-electron chi connectivity index (χ2n) is 6.92. The highest BCUT2D eigenvalue weighted by Gasteiger charge is 2.13. The molecule has 0 radical (unpaired) electrons. The van der Waals surface area contributed by atoms with Crippen molar-refractivity contribution in [2.24, 2.45) is 0 Å². The molecule has 32 heavy (non-hydrogen) atoms. The van der Waals surface area contributed by atoms with Gasteiger partial charge in [-0.2, -0.15) is 0 Å². The summed E-state index contributed by atoms with van der Waals surface area (Å²) in [5.41, 5.74) is 1.61. The first-order valence-electron chi connectivity index (χ1n) is 9.85. The van der Waals surface area contributed by atoms with E-state index < -0.39 is 0 Å². The van der Waals surface area contributed by atoms with Crippen LogP contribution in [0.3, 0.4) is 0 Å². The minimum absolute atomic E-state index is 0.231. The van der Waals surface area contributed by atoms with E-state index in [1.54, 1.807) is 45.6 Å². The number of methoxy groups -OCH3 is 3. The molecule has 0 fully saturated rings. The van der Waals surface area contributed by atoms with Crippen LogP contribution in [0.25, 0.3) is 21.8 Å². The number of rotatable bonds is 8. The molecule has 0 spiro atoms. The van der Waals surface area contributed by atoms with Crippen molar-refractivity contribution in [3.8, 4) is 17.2 Å². The zero-order valence-corrected chi connectivity index (χ0v) is 18.2. The average molecular weight is 437 g/mol. The molecule has 2 heterocycles. The van der Waals surface area contributed by atoms with Crippen LogP contribution >= 0.6 is 0 Å². The Kier molecular flexibility index (Phi) is 6.04. The van der Waals surface area contributed by atoms with E-state index in [4.69, 9.17) is 18.9 Å². The Bertz CT molecular complexity index is 1340. The number of nitrogens with one attached hydrogen (secondary N) is 2. The molecule has 2 N–H and O–H groups in total. The van der Waals surface area contributed by atoms with Crippen LogP contribution < -0.4 is 25.1 Å². The van der Waals surface area contributed by atoms with Gasteiger partial charge in [0.2, 0.25) is 11.9 Å². The molecule has 0 aliphatic rings. The van der Waals surface area contributed by atoms with Crippen molar-refractivity contribution in [2.45, 2.75) is 6.92 Å². The maximum absolute atomic E-state index is 12.6. The van der Waals surface area contributed by atoms with Gasteiger partial charge in [-0.1, -0.05) is 0 Å². The van der Waals surface area contributed by atoms with Crippen LogP contribution in [-0.4, -0.2) is 54.5 Å². The van der Waals surface area contributed by atoms with Gasteiger partial charge in [-0.3, -0.25) is 15.1 Å². The minimum Gasteiger partial charge on any atom is -0.493 e. The van der Waals surface area contributed by atoms with E-state index in [1.165, 1.54) is 0 Å². The van der Waals surface area contributed by atoms with E-state index in [2.05, 4.69) is 25.3 Å². The Morgan fingerprint density at radius 2 is 1.69 bits per heavy atom. The molecule has 0 atom stereocenters. The van der Waals surface area contributed by atoms with Crippen molar-refractivity contribution >= 4 is 33.7 Å². The van der Waals surface area contributed by atoms with Gasteiger partial charge in [0.15, 0.2) is 11.5 Å². The summed E-state index contributed by atoms with van der Waals surface area (Å²) in [6.07, 6.45) is 0. The second-order valence-corrected chi connectivity index (χ2v) is 6.92. The van der Waals surface area contributed by atoms with Crippen LogP contribution in [0.2, 0.25) is 0 Å². The molecule has 0 saturated carbocycles. The van der Waals surface area contributed by atoms with Gasteiger partial charge in [0.05, 0.1) is 42.9 Å². The molecule has 0 bridgehead atoms. The number of benzene rings is 2. The number of nitrogens with zero attached hydrogens (tertiary/aromatic N) is 3. The molecule has 166 valence electrons. The van der Waals surface area contributed by atoms with Crippen molar-refractivity contribution in [3.63, 3.8) is 0 Å². The molecule has 0 aliphatic carbocycles. The predicted octanol–water partition coefficient (Wildman–Crippen LogP) is 2.96. The molecule has 0 unspecified atom stereocenters. The van der Waals surface area contributed by atoms with E-state index in [-0.39, 0.29) is 11.5 Å². The third-order valence-corrected chi connectivity index (χ3v) is 4.85. The van der Waals surface area contributed by atoms with Crippen molar-refractivity contribution < 1.29 is 18.9 Å².